The van der Waals surface area contributed by atoms with Crippen molar-refractivity contribution in [2.75, 3.05) is 0 Å². The molecule has 0 atom stereocenters. The summed E-state index contributed by atoms with van der Waals surface area (Å²) in [5, 5.41) is 5.20. The highest BCUT2D eigenvalue weighted by Crippen LogP contribution is 2.19. The number of benzene rings is 1. The van der Waals surface area contributed by atoms with Crippen molar-refractivity contribution >= 4 is 23.2 Å². The number of hydrogen-bond donors (Lipinski definition) is 0. The lowest BCUT2D eigenvalue weighted by atomic mass is 10.1. The average molecular weight is 283 g/mol. The normalized spacial score (nSPS) is 10.8. The molecule has 2 nitrogen and oxygen atoms in total. The predicted octanol–water partition coefficient (Wildman–Crippen LogP) is 4.28. The lowest BCUT2D eigenvalue weighted by Crippen LogP contribution is -2.07. The van der Waals surface area contributed by atoms with Gasteiger partial charge in [0.2, 0.25) is 0 Å². The first kappa shape index (κ1) is 13.4. The molecule has 4 heteroatoms. The highest BCUT2D eigenvalue weighted by Gasteiger charge is 2.10. The molecule has 0 aliphatic heterocycles. The van der Waals surface area contributed by atoms with Crippen LogP contribution in [-0.4, -0.2) is 9.78 Å². The van der Waals surface area contributed by atoms with Crippen LogP contribution in [-0.2, 0) is 18.8 Å². The predicted molar refractivity (Wildman–Crippen MR) is 76.3 cm³/mol. The van der Waals surface area contributed by atoms with E-state index in [0.717, 1.165) is 29.0 Å². The first-order valence-corrected chi connectivity index (χ1v) is 7.00. The molecule has 0 amide bonds. The second-order valence-corrected chi connectivity index (χ2v) is 4.92. The fraction of sp³-hybridized carbons (Fsp3) is 0.357. The summed E-state index contributed by atoms with van der Waals surface area (Å²) in [6.45, 7) is 2.86. The summed E-state index contributed by atoms with van der Waals surface area (Å²) < 4.78 is 2.00. The summed E-state index contributed by atoms with van der Waals surface area (Å²) in [6.07, 6.45) is 3.93. The Bertz CT molecular complexity index is 520. The van der Waals surface area contributed by atoms with E-state index in [1.807, 2.05) is 35.1 Å². The van der Waals surface area contributed by atoms with Gasteiger partial charge in [0.15, 0.2) is 0 Å². The van der Waals surface area contributed by atoms with Gasteiger partial charge in [-0.25, -0.2) is 0 Å². The van der Waals surface area contributed by atoms with Gasteiger partial charge in [0, 0.05) is 16.3 Å². The molecule has 0 saturated carbocycles. The largest absolute Gasteiger partial charge is 0.265 e. The minimum absolute atomic E-state index is 0.512. The molecular formula is C14H16Cl2N2. The van der Waals surface area contributed by atoms with Crippen LogP contribution in [0.3, 0.4) is 0 Å². The van der Waals surface area contributed by atoms with E-state index in [-0.39, 0.29) is 0 Å². The number of alkyl halides is 1. The Morgan fingerprint density at radius 3 is 2.67 bits per heavy atom. The van der Waals surface area contributed by atoms with Crippen LogP contribution in [0.1, 0.15) is 30.2 Å². The van der Waals surface area contributed by atoms with E-state index in [4.69, 9.17) is 23.2 Å². The fourth-order valence-corrected chi connectivity index (χ4v) is 2.43. The maximum atomic E-state index is 6.18. The van der Waals surface area contributed by atoms with E-state index >= 15 is 0 Å². The Balaban J connectivity index is 2.29. The number of hydrogen-bond acceptors (Lipinski definition) is 1. The van der Waals surface area contributed by atoms with E-state index in [2.05, 4.69) is 12.0 Å². The molecule has 18 heavy (non-hydrogen) atoms. The second kappa shape index (κ2) is 6.26. The molecule has 0 saturated heterocycles. The van der Waals surface area contributed by atoms with Crippen molar-refractivity contribution in [1.29, 1.82) is 0 Å². The fourth-order valence-electron chi connectivity index (χ4n) is 2.01. The summed E-state index contributed by atoms with van der Waals surface area (Å²) in [7, 11) is 0. The molecule has 2 rings (SSSR count). The van der Waals surface area contributed by atoms with Crippen molar-refractivity contribution in [2.45, 2.75) is 32.2 Å². The zero-order chi connectivity index (χ0) is 13.0. The highest BCUT2D eigenvalue weighted by molar-refractivity contribution is 6.31. The number of aromatic nitrogens is 2. The van der Waals surface area contributed by atoms with Crippen molar-refractivity contribution in [2.24, 2.45) is 0 Å². The maximum Gasteiger partial charge on any atom is 0.0677 e. The van der Waals surface area contributed by atoms with Gasteiger partial charge < -0.3 is 0 Å². The van der Waals surface area contributed by atoms with E-state index in [9.17, 15) is 0 Å². The summed E-state index contributed by atoms with van der Waals surface area (Å²) in [4.78, 5) is 0. The van der Waals surface area contributed by atoms with Crippen LogP contribution in [0.5, 0.6) is 0 Å². The van der Waals surface area contributed by atoms with Crippen LogP contribution in [0.25, 0.3) is 0 Å². The molecule has 96 valence electrons. The molecule has 0 spiro atoms. The molecule has 1 aromatic carbocycles. The van der Waals surface area contributed by atoms with Crippen LogP contribution >= 0.6 is 23.2 Å². The minimum Gasteiger partial charge on any atom is -0.265 e. The minimum atomic E-state index is 0.512. The Labute approximate surface area is 118 Å². The van der Waals surface area contributed by atoms with Crippen LogP contribution in [0.4, 0.5) is 0 Å². The summed E-state index contributed by atoms with van der Waals surface area (Å²) in [6, 6.07) is 7.86. The van der Waals surface area contributed by atoms with Crippen LogP contribution in [0.15, 0.2) is 30.5 Å². The van der Waals surface area contributed by atoms with Gasteiger partial charge in [0.05, 0.1) is 18.6 Å². The van der Waals surface area contributed by atoms with Crippen molar-refractivity contribution < 1.29 is 0 Å². The monoisotopic (exact) mass is 282 g/mol. The lowest BCUT2D eigenvalue weighted by molar-refractivity contribution is 0.636. The number of nitrogens with zero attached hydrogens (tertiary/aromatic N) is 2. The maximum absolute atomic E-state index is 6.18. The molecular weight excluding hydrogens is 267 g/mol. The van der Waals surface area contributed by atoms with E-state index in [1.165, 1.54) is 5.69 Å². The van der Waals surface area contributed by atoms with Gasteiger partial charge in [-0.1, -0.05) is 43.1 Å². The molecule has 1 aromatic heterocycles. The van der Waals surface area contributed by atoms with E-state index in [0.29, 0.717) is 12.4 Å². The van der Waals surface area contributed by atoms with Crippen LogP contribution < -0.4 is 0 Å². The third kappa shape index (κ3) is 2.88. The quantitative estimate of drug-likeness (QED) is 0.749. The molecule has 1 heterocycles. The smallest absolute Gasteiger partial charge is 0.0677 e. The van der Waals surface area contributed by atoms with Gasteiger partial charge in [-0.3, -0.25) is 4.68 Å². The Hall–Kier alpha value is -0.990. The second-order valence-electron chi connectivity index (χ2n) is 4.25. The topological polar surface area (TPSA) is 17.8 Å². The van der Waals surface area contributed by atoms with Crippen molar-refractivity contribution in [3.8, 4) is 0 Å². The first-order chi connectivity index (χ1) is 8.76. The molecule has 0 radical (unpaired) electrons. The van der Waals surface area contributed by atoms with E-state index in [1.54, 1.807) is 0 Å². The SMILES string of the molecule is CCCc1c(CCl)cnn1Cc1ccccc1Cl. The third-order valence-corrected chi connectivity index (χ3v) is 3.60. The summed E-state index contributed by atoms with van der Waals surface area (Å²) in [5.41, 5.74) is 3.42. The average Bonchev–Trinajstić information content (AvgIpc) is 2.75. The first-order valence-electron chi connectivity index (χ1n) is 6.09. The zero-order valence-corrected chi connectivity index (χ0v) is 11.9. The molecule has 0 N–H and O–H groups in total. The number of halogens is 2. The van der Waals surface area contributed by atoms with Crippen LogP contribution in [0, 0.1) is 0 Å². The third-order valence-electron chi connectivity index (χ3n) is 2.94. The molecule has 0 fully saturated rings. The standard InChI is InChI=1S/C14H16Cl2N2/c1-2-5-14-12(8-15)9-17-18(14)10-11-6-3-4-7-13(11)16/h3-4,6-7,9H,2,5,8,10H2,1H3. The van der Waals surface area contributed by atoms with Gasteiger partial charge in [-0.2, -0.15) is 5.10 Å². The molecule has 2 aromatic rings. The van der Waals surface area contributed by atoms with Crippen molar-refractivity contribution in [3.63, 3.8) is 0 Å². The van der Waals surface area contributed by atoms with Gasteiger partial charge in [0.25, 0.3) is 0 Å². The Morgan fingerprint density at radius 1 is 1.22 bits per heavy atom. The molecule has 0 aliphatic rings. The van der Waals surface area contributed by atoms with Gasteiger partial charge in [-0.05, 0) is 18.1 Å². The Kier molecular flexibility index (Phi) is 4.67. The van der Waals surface area contributed by atoms with E-state index < -0.39 is 0 Å². The summed E-state index contributed by atoms with van der Waals surface area (Å²) in [5.74, 6) is 0.512. The van der Waals surface area contributed by atoms with Crippen LogP contribution in [0.2, 0.25) is 5.02 Å². The number of rotatable bonds is 5. The zero-order valence-electron chi connectivity index (χ0n) is 10.4. The van der Waals surface area contributed by atoms with Gasteiger partial charge >= 0.3 is 0 Å². The van der Waals surface area contributed by atoms with Crippen molar-refractivity contribution in [3.05, 3.63) is 52.3 Å². The molecule has 0 unspecified atom stereocenters. The summed E-state index contributed by atoms with van der Waals surface area (Å²) >= 11 is 12.1. The lowest BCUT2D eigenvalue weighted by Gasteiger charge is -2.09. The van der Waals surface area contributed by atoms with Gasteiger partial charge in [0.1, 0.15) is 0 Å². The molecule has 0 bridgehead atoms. The Morgan fingerprint density at radius 2 is 2.00 bits per heavy atom. The molecule has 0 aliphatic carbocycles. The highest BCUT2D eigenvalue weighted by atomic mass is 35.5. The van der Waals surface area contributed by atoms with Gasteiger partial charge in [-0.15, -0.1) is 11.6 Å². The van der Waals surface area contributed by atoms with Crippen molar-refractivity contribution in [1.82, 2.24) is 9.78 Å².